The van der Waals surface area contributed by atoms with Crippen LogP contribution in [0.1, 0.15) is 66.1 Å². The average molecular weight is 398 g/mol. The Labute approximate surface area is 172 Å². The van der Waals surface area contributed by atoms with Crippen LogP contribution in [0.15, 0.2) is 24.3 Å². The van der Waals surface area contributed by atoms with E-state index in [0.29, 0.717) is 11.3 Å². The number of carbonyl (C=O) groups excluding carboxylic acids is 1. The molecule has 2 aliphatic rings. The van der Waals surface area contributed by atoms with Gasteiger partial charge in [0.2, 0.25) is 0 Å². The molecular formula is C23H31N3OS. The fraction of sp³-hybridized carbons (Fsp3) is 0.522. The molecule has 0 spiro atoms. The summed E-state index contributed by atoms with van der Waals surface area (Å²) in [4.78, 5) is 16.5. The van der Waals surface area contributed by atoms with Crippen LogP contribution in [-0.2, 0) is 12.8 Å². The highest BCUT2D eigenvalue weighted by Crippen LogP contribution is 2.46. The molecule has 28 heavy (non-hydrogen) atoms. The van der Waals surface area contributed by atoms with Crippen LogP contribution in [0.3, 0.4) is 0 Å². The Morgan fingerprint density at radius 3 is 2.54 bits per heavy atom. The van der Waals surface area contributed by atoms with Crippen molar-refractivity contribution in [2.75, 3.05) is 24.3 Å². The number of amides is 1. The second-order valence-corrected chi connectivity index (χ2v) is 10.1. The summed E-state index contributed by atoms with van der Waals surface area (Å²) in [7, 11) is 4.07. The van der Waals surface area contributed by atoms with Crippen LogP contribution in [0.4, 0.5) is 10.7 Å². The number of carbonyl (C=O) groups is 1. The lowest BCUT2D eigenvalue weighted by Gasteiger charge is -2.36. The summed E-state index contributed by atoms with van der Waals surface area (Å²) in [6.07, 6.45) is 4.33. The van der Waals surface area contributed by atoms with Crippen molar-refractivity contribution in [3.8, 4) is 0 Å². The van der Waals surface area contributed by atoms with Gasteiger partial charge in [-0.25, -0.2) is 0 Å². The molecule has 0 fully saturated rings. The SMILES string of the molecule is CCC(C)(C)[C@@H]1CCc2c(sc3c2C(=O)N[C@@H](c2ccc(N(C)C)cc2)N3)C1. The maximum absolute atomic E-state index is 13.0. The van der Waals surface area contributed by atoms with Gasteiger partial charge in [0.1, 0.15) is 11.2 Å². The molecule has 1 aliphatic carbocycles. The molecule has 1 aromatic carbocycles. The number of fused-ring (bicyclic) bond motifs is 3. The van der Waals surface area contributed by atoms with Crippen LogP contribution in [0.25, 0.3) is 0 Å². The fourth-order valence-electron chi connectivity index (χ4n) is 4.39. The van der Waals surface area contributed by atoms with Crippen molar-refractivity contribution in [1.29, 1.82) is 0 Å². The summed E-state index contributed by atoms with van der Waals surface area (Å²) in [5.41, 5.74) is 4.78. The van der Waals surface area contributed by atoms with Gasteiger partial charge < -0.3 is 15.5 Å². The molecule has 4 nitrogen and oxygen atoms in total. The minimum Gasteiger partial charge on any atom is -0.378 e. The third-order valence-electron chi connectivity index (χ3n) is 6.80. The first-order valence-electron chi connectivity index (χ1n) is 10.3. The molecule has 1 aliphatic heterocycles. The molecule has 0 saturated heterocycles. The number of benzene rings is 1. The Bertz CT molecular complexity index is 882. The summed E-state index contributed by atoms with van der Waals surface area (Å²) in [5.74, 6) is 0.767. The topological polar surface area (TPSA) is 44.4 Å². The monoisotopic (exact) mass is 397 g/mol. The number of thiophene rings is 1. The summed E-state index contributed by atoms with van der Waals surface area (Å²) in [6.45, 7) is 7.05. The fourth-order valence-corrected chi connectivity index (χ4v) is 5.74. The second-order valence-electron chi connectivity index (χ2n) is 9.03. The van der Waals surface area contributed by atoms with Crippen molar-refractivity contribution in [2.45, 2.75) is 52.6 Å². The van der Waals surface area contributed by atoms with E-state index in [2.05, 4.69) is 60.6 Å². The average Bonchev–Trinajstić information content (AvgIpc) is 3.06. The predicted octanol–water partition coefficient (Wildman–Crippen LogP) is 5.21. The molecule has 0 unspecified atom stereocenters. The van der Waals surface area contributed by atoms with Gasteiger partial charge in [-0.3, -0.25) is 4.79 Å². The third-order valence-corrected chi connectivity index (χ3v) is 7.99. The number of hydrogen-bond acceptors (Lipinski definition) is 4. The maximum Gasteiger partial charge on any atom is 0.256 e. The molecule has 2 N–H and O–H groups in total. The van der Waals surface area contributed by atoms with Crippen molar-refractivity contribution >= 4 is 27.9 Å². The molecule has 4 rings (SSSR count). The van der Waals surface area contributed by atoms with Gasteiger partial charge in [0.15, 0.2) is 0 Å². The van der Waals surface area contributed by atoms with E-state index in [1.165, 1.54) is 23.3 Å². The van der Waals surface area contributed by atoms with Gasteiger partial charge in [-0.2, -0.15) is 0 Å². The van der Waals surface area contributed by atoms with E-state index in [0.717, 1.165) is 34.7 Å². The minimum atomic E-state index is -0.167. The molecular weight excluding hydrogens is 366 g/mol. The molecule has 2 heterocycles. The first-order valence-corrected chi connectivity index (χ1v) is 11.1. The minimum absolute atomic E-state index is 0.0705. The van der Waals surface area contributed by atoms with Gasteiger partial charge in [0.25, 0.3) is 5.91 Å². The second kappa shape index (κ2) is 7.11. The Hall–Kier alpha value is -2.01. The van der Waals surface area contributed by atoms with E-state index < -0.39 is 0 Å². The van der Waals surface area contributed by atoms with Crippen LogP contribution >= 0.6 is 11.3 Å². The van der Waals surface area contributed by atoms with Gasteiger partial charge in [-0.1, -0.05) is 39.3 Å². The van der Waals surface area contributed by atoms with Gasteiger partial charge in [0, 0.05) is 24.7 Å². The van der Waals surface area contributed by atoms with Crippen molar-refractivity contribution in [2.24, 2.45) is 11.3 Å². The smallest absolute Gasteiger partial charge is 0.256 e. The third kappa shape index (κ3) is 3.30. The molecule has 5 heteroatoms. The predicted molar refractivity (Wildman–Crippen MR) is 119 cm³/mol. The molecule has 1 aromatic heterocycles. The van der Waals surface area contributed by atoms with E-state index in [-0.39, 0.29) is 12.1 Å². The lowest BCUT2D eigenvalue weighted by Crippen LogP contribution is -2.38. The summed E-state index contributed by atoms with van der Waals surface area (Å²) in [5, 5.41) is 7.81. The quantitative estimate of drug-likeness (QED) is 0.744. The Kier molecular flexibility index (Phi) is 4.90. The lowest BCUT2D eigenvalue weighted by molar-refractivity contribution is 0.0934. The number of hydrogen-bond donors (Lipinski definition) is 2. The molecule has 0 saturated carbocycles. The standard InChI is InChI=1S/C23H31N3OS/c1-6-23(2,3)15-9-12-17-18(13-15)28-22-19(17)21(27)24-20(25-22)14-7-10-16(11-8-14)26(4)5/h7-8,10-11,15,20,25H,6,9,12-13H2,1-5H3,(H,24,27)/t15-,20-/m1/s1. The van der Waals surface area contributed by atoms with E-state index in [1.54, 1.807) is 11.3 Å². The first-order chi connectivity index (χ1) is 13.3. The number of rotatable bonds is 4. The zero-order valence-corrected chi connectivity index (χ0v) is 18.4. The van der Waals surface area contributed by atoms with Gasteiger partial charge in [0.05, 0.1) is 5.56 Å². The van der Waals surface area contributed by atoms with Crippen LogP contribution in [0.2, 0.25) is 0 Å². The van der Waals surface area contributed by atoms with Crippen molar-refractivity contribution in [3.63, 3.8) is 0 Å². The van der Waals surface area contributed by atoms with Crippen LogP contribution in [-0.4, -0.2) is 20.0 Å². The highest BCUT2D eigenvalue weighted by molar-refractivity contribution is 7.16. The van der Waals surface area contributed by atoms with Crippen molar-refractivity contribution in [1.82, 2.24) is 5.32 Å². The van der Waals surface area contributed by atoms with Crippen LogP contribution in [0, 0.1) is 11.3 Å². The first kappa shape index (κ1) is 19.3. The largest absolute Gasteiger partial charge is 0.378 e. The Morgan fingerprint density at radius 2 is 1.89 bits per heavy atom. The molecule has 0 bridgehead atoms. The number of anilines is 2. The van der Waals surface area contributed by atoms with Crippen molar-refractivity contribution < 1.29 is 4.79 Å². The van der Waals surface area contributed by atoms with E-state index >= 15 is 0 Å². The molecule has 2 aromatic rings. The van der Waals surface area contributed by atoms with Gasteiger partial charge >= 0.3 is 0 Å². The Morgan fingerprint density at radius 1 is 1.18 bits per heavy atom. The highest BCUT2D eigenvalue weighted by atomic mass is 32.1. The van der Waals surface area contributed by atoms with E-state index in [1.807, 2.05) is 14.1 Å². The zero-order valence-electron chi connectivity index (χ0n) is 17.6. The van der Waals surface area contributed by atoms with E-state index in [4.69, 9.17) is 0 Å². The summed E-state index contributed by atoms with van der Waals surface area (Å²) >= 11 is 1.80. The zero-order chi connectivity index (χ0) is 20.1. The van der Waals surface area contributed by atoms with E-state index in [9.17, 15) is 4.79 Å². The Balaban J connectivity index is 1.59. The molecule has 0 radical (unpaired) electrons. The summed E-state index contributed by atoms with van der Waals surface area (Å²) < 4.78 is 0. The van der Waals surface area contributed by atoms with Crippen LogP contribution in [0.5, 0.6) is 0 Å². The normalized spacial score (nSPS) is 21.4. The summed E-state index contributed by atoms with van der Waals surface area (Å²) in [6, 6.07) is 8.36. The number of nitrogens with zero attached hydrogens (tertiary/aromatic N) is 1. The maximum atomic E-state index is 13.0. The van der Waals surface area contributed by atoms with Crippen molar-refractivity contribution in [3.05, 3.63) is 45.8 Å². The lowest BCUT2D eigenvalue weighted by atomic mass is 9.69. The molecule has 150 valence electrons. The molecule has 1 amide bonds. The van der Waals surface area contributed by atoms with Gasteiger partial charge in [-0.15, -0.1) is 11.3 Å². The van der Waals surface area contributed by atoms with Crippen LogP contribution < -0.4 is 15.5 Å². The van der Waals surface area contributed by atoms with Gasteiger partial charge in [-0.05, 0) is 53.9 Å². The highest BCUT2D eigenvalue weighted by Gasteiger charge is 2.37. The molecule has 2 atom stereocenters. The number of nitrogens with one attached hydrogen (secondary N) is 2.